The zero-order valence-corrected chi connectivity index (χ0v) is 27.1. The van der Waals surface area contributed by atoms with E-state index in [4.69, 9.17) is 31.1 Å². The average molecular weight is 653 g/mol. The molecule has 2 aromatic carbocycles. The Labute approximate surface area is 270 Å². The van der Waals surface area contributed by atoms with Crippen molar-refractivity contribution in [2.45, 2.75) is 40.2 Å². The first-order chi connectivity index (χ1) is 21.8. The third-order valence-corrected chi connectivity index (χ3v) is 7.88. The van der Waals surface area contributed by atoms with E-state index in [2.05, 4.69) is 15.0 Å². The van der Waals surface area contributed by atoms with Crippen LogP contribution in [0.15, 0.2) is 36.5 Å². The molecule has 2 saturated heterocycles. The summed E-state index contributed by atoms with van der Waals surface area (Å²) in [6.07, 6.45) is 1.13. The maximum atomic E-state index is 16.5. The van der Waals surface area contributed by atoms with Gasteiger partial charge in [-0.05, 0) is 32.2 Å². The summed E-state index contributed by atoms with van der Waals surface area (Å²) in [5.74, 6) is -0.870. The van der Waals surface area contributed by atoms with Crippen LogP contribution in [0.5, 0.6) is 6.01 Å². The molecule has 6 rings (SSSR count). The van der Waals surface area contributed by atoms with Crippen LogP contribution >= 0.6 is 11.6 Å². The summed E-state index contributed by atoms with van der Waals surface area (Å²) in [5.41, 5.74) is -0.459. The molecule has 0 spiro atoms. The van der Waals surface area contributed by atoms with E-state index in [0.717, 1.165) is 0 Å². The first kappa shape index (κ1) is 33.0. The Bertz CT molecular complexity index is 1810. The Morgan fingerprint density at radius 2 is 1.83 bits per heavy atom. The standard InChI is InChI=1S/C31H32ClF2N5O4.C2H3N/c1-30(2,3)43-29(40)39-12-10-38(11-13-39)27-20-14-35-25(19-7-5-6-18-8-9-21(33)23(32)22(18)19)24(34)26(20)36-28(37-27)42-17-31(4)15-41-16-31;1-2-3/h5-9,14H,10-13,15-17H2,1-4H3;1H3. The molecule has 242 valence electrons. The number of nitrogens with zero attached hydrogens (tertiary/aromatic N) is 6. The van der Waals surface area contributed by atoms with E-state index in [0.29, 0.717) is 73.5 Å². The molecule has 0 radical (unpaired) electrons. The monoisotopic (exact) mass is 652 g/mol. The Hall–Kier alpha value is -4.34. The van der Waals surface area contributed by atoms with Gasteiger partial charge in [-0.2, -0.15) is 15.2 Å². The quantitative estimate of drug-likeness (QED) is 0.230. The highest BCUT2D eigenvalue weighted by molar-refractivity contribution is 6.36. The minimum absolute atomic E-state index is 0.0131. The summed E-state index contributed by atoms with van der Waals surface area (Å²) in [4.78, 5) is 29.8. The van der Waals surface area contributed by atoms with Crippen molar-refractivity contribution in [2.75, 3.05) is 50.9 Å². The molecule has 0 atom stereocenters. The van der Waals surface area contributed by atoms with Crippen LogP contribution in [0.2, 0.25) is 5.02 Å². The smallest absolute Gasteiger partial charge is 0.410 e. The van der Waals surface area contributed by atoms with Crippen LogP contribution in [0, 0.1) is 28.4 Å². The van der Waals surface area contributed by atoms with Gasteiger partial charge in [0.15, 0.2) is 5.82 Å². The first-order valence-corrected chi connectivity index (χ1v) is 15.2. The SMILES string of the molecule is CC#N.CC1(COc2nc(N3CCN(C(=O)OC(C)(C)C)CC3)c3cnc(-c4cccc5ccc(F)c(Cl)c45)c(F)c3n2)COC1. The number of hydrogen-bond acceptors (Lipinski definition) is 9. The van der Waals surface area contributed by atoms with Crippen LogP contribution in [0.3, 0.4) is 0 Å². The molecule has 0 unspecified atom stereocenters. The number of pyridine rings is 1. The summed E-state index contributed by atoms with van der Waals surface area (Å²) >= 11 is 6.35. The van der Waals surface area contributed by atoms with Gasteiger partial charge in [0, 0.05) is 55.7 Å². The van der Waals surface area contributed by atoms with E-state index in [1.54, 1.807) is 35.2 Å². The summed E-state index contributed by atoms with van der Waals surface area (Å²) in [7, 11) is 0. The second kappa shape index (κ2) is 13.2. The van der Waals surface area contributed by atoms with E-state index in [1.165, 1.54) is 19.2 Å². The first-order valence-electron chi connectivity index (χ1n) is 14.8. The van der Waals surface area contributed by atoms with Gasteiger partial charge in [-0.1, -0.05) is 42.8 Å². The number of amides is 1. The lowest BCUT2D eigenvalue weighted by Gasteiger charge is -2.37. The largest absolute Gasteiger partial charge is 0.463 e. The summed E-state index contributed by atoms with van der Waals surface area (Å²) < 4.78 is 47.8. The number of hydrogen-bond donors (Lipinski definition) is 0. The molecule has 4 heterocycles. The number of carbonyl (C=O) groups excluding carboxylic acids is 1. The van der Waals surface area contributed by atoms with Gasteiger partial charge in [0.25, 0.3) is 0 Å². The van der Waals surface area contributed by atoms with Crippen molar-refractivity contribution in [3.63, 3.8) is 0 Å². The number of aromatic nitrogens is 3. The second-order valence-corrected chi connectivity index (χ2v) is 12.9. The normalized spacial score (nSPS) is 15.9. The molecule has 46 heavy (non-hydrogen) atoms. The molecule has 0 N–H and O–H groups in total. The maximum Gasteiger partial charge on any atom is 0.410 e. The molecule has 13 heteroatoms. The minimum atomic E-state index is -0.704. The van der Waals surface area contributed by atoms with E-state index in [9.17, 15) is 9.18 Å². The second-order valence-electron chi connectivity index (χ2n) is 12.5. The van der Waals surface area contributed by atoms with Crippen LogP contribution in [-0.4, -0.2) is 77.5 Å². The fourth-order valence-corrected chi connectivity index (χ4v) is 5.50. The number of fused-ring (bicyclic) bond motifs is 2. The fourth-order valence-electron chi connectivity index (χ4n) is 5.22. The topological polar surface area (TPSA) is 114 Å². The molecule has 2 aliphatic rings. The van der Waals surface area contributed by atoms with Gasteiger partial charge in [0.05, 0.1) is 29.7 Å². The number of benzene rings is 2. The average Bonchev–Trinajstić information content (AvgIpc) is 3.00. The number of nitriles is 1. The molecule has 10 nitrogen and oxygen atoms in total. The molecule has 0 saturated carbocycles. The van der Waals surface area contributed by atoms with E-state index >= 15 is 4.39 Å². The zero-order chi connectivity index (χ0) is 33.2. The number of ether oxygens (including phenoxy) is 3. The molecule has 2 aromatic heterocycles. The van der Waals surface area contributed by atoms with Gasteiger partial charge in [0.1, 0.15) is 35.1 Å². The minimum Gasteiger partial charge on any atom is -0.463 e. The molecule has 4 aromatic rings. The van der Waals surface area contributed by atoms with Crippen LogP contribution < -0.4 is 9.64 Å². The van der Waals surface area contributed by atoms with Crippen molar-refractivity contribution >= 4 is 45.2 Å². The van der Waals surface area contributed by atoms with Crippen LogP contribution in [0.4, 0.5) is 19.4 Å². The van der Waals surface area contributed by atoms with Crippen molar-refractivity contribution in [1.82, 2.24) is 19.9 Å². The van der Waals surface area contributed by atoms with Crippen LogP contribution in [-0.2, 0) is 9.47 Å². The van der Waals surface area contributed by atoms with Crippen LogP contribution in [0.1, 0.15) is 34.6 Å². The fraction of sp³-hybridized carbons (Fsp3) is 0.424. The van der Waals surface area contributed by atoms with Crippen molar-refractivity contribution < 1.29 is 27.8 Å². The van der Waals surface area contributed by atoms with Crippen LogP contribution in [0.25, 0.3) is 32.9 Å². The van der Waals surface area contributed by atoms with Crippen molar-refractivity contribution in [3.05, 3.63) is 53.2 Å². The molecule has 2 aliphatic heterocycles. The molecular formula is C33H35ClF2N6O4. The lowest BCUT2D eigenvalue weighted by molar-refractivity contribution is -0.121. The maximum absolute atomic E-state index is 16.5. The Morgan fingerprint density at radius 3 is 2.46 bits per heavy atom. The summed E-state index contributed by atoms with van der Waals surface area (Å²) in [5, 5.41) is 8.60. The van der Waals surface area contributed by atoms with Gasteiger partial charge >= 0.3 is 12.1 Å². The number of carbonyl (C=O) groups is 1. The zero-order valence-electron chi connectivity index (χ0n) is 26.4. The third-order valence-electron chi connectivity index (χ3n) is 7.52. The molecule has 2 fully saturated rings. The molecule has 0 bridgehead atoms. The van der Waals surface area contributed by atoms with Gasteiger partial charge < -0.3 is 24.0 Å². The number of rotatable bonds is 5. The number of halogens is 3. The van der Waals surface area contributed by atoms with Gasteiger partial charge in [-0.3, -0.25) is 4.98 Å². The highest BCUT2D eigenvalue weighted by atomic mass is 35.5. The molecule has 0 aliphatic carbocycles. The Balaban J connectivity index is 0.00000134. The predicted molar refractivity (Wildman–Crippen MR) is 171 cm³/mol. The summed E-state index contributed by atoms with van der Waals surface area (Å²) in [6.45, 7) is 11.9. The van der Waals surface area contributed by atoms with Gasteiger partial charge in [-0.15, -0.1) is 0 Å². The van der Waals surface area contributed by atoms with Crippen molar-refractivity contribution in [1.29, 1.82) is 5.26 Å². The third kappa shape index (κ3) is 6.90. The Kier molecular flexibility index (Phi) is 9.47. The lowest BCUT2D eigenvalue weighted by Crippen LogP contribution is -2.50. The summed E-state index contributed by atoms with van der Waals surface area (Å²) in [6, 6.07) is 9.80. The van der Waals surface area contributed by atoms with E-state index < -0.39 is 17.2 Å². The predicted octanol–water partition coefficient (Wildman–Crippen LogP) is 6.78. The highest BCUT2D eigenvalue weighted by Gasteiger charge is 2.35. The van der Waals surface area contributed by atoms with Gasteiger partial charge in [0.2, 0.25) is 0 Å². The van der Waals surface area contributed by atoms with E-state index in [-0.39, 0.29) is 33.8 Å². The molecule has 1 amide bonds. The number of piperazine rings is 1. The van der Waals surface area contributed by atoms with Crippen molar-refractivity contribution in [2.24, 2.45) is 5.41 Å². The highest BCUT2D eigenvalue weighted by Crippen LogP contribution is 2.38. The van der Waals surface area contributed by atoms with E-state index in [1.807, 2.05) is 32.6 Å². The van der Waals surface area contributed by atoms with Gasteiger partial charge in [-0.25, -0.2) is 13.6 Å². The lowest BCUT2D eigenvalue weighted by atomic mass is 9.90. The Morgan fingerprint density at radius 1 is 1.13 bits per heavy atom. The number of anilines is 1. The molecular weight excluding hydrogens is 618 g/mol. The van der Waals surface area contributed by atoms with Crippen molar-refractivity contribution in [3.8, 4) is 23.3 Å².